The molecule has 0 spiro atoms. The average molecular weight is 441 g/mol. The summed E-state index contributed by atoms with van der Waals surface area (Å²) in [5.41, 5.74) is 3.28. The van der Waals surface area contributed by atoms with Gasteiger partial charge in [0.25, 0.3) is 0 Å². The van der Waals surface area contributed by atoms with Gasteiger partial charge < -0.3 is 19.7 Å². The predicted octanol–water partition coefficient (Wildman–Crippen LogP) is 3.98. The minimum Gasteiger partial charge on any atom is -0.375 e. The molecule has 1 aromatic heterocycles. The lowest BCUT2D eigenvalue weighted by Crippen LogP contribution is -2.47. The number of hydrogen-bond acceptors (Lipinski definition) is 6. The van der Waals surface area contributed by atoms with Crippen molar-refractivity contribution >= 4 is 17.3 Å². The Kier molecular flexibility index (Phi) is 5.75. The summed E-state index contributed by atoms with van der Waals surface area (Å²) in [7, 11) is 0. The highest BCUT2D eigenvalue weighted by molar-refractivity contribution is 5.64. The van der Waals surface area contributed by atoms with Gasteiger partial charge in [-0.25, -0.2) is 13.5 Å². The van der Waals surface area contributed by atoms with Crippen molar-refractivity contribution in [1.82, 2.24) is 14.8 Å². The Morgan fingerprint density at radius 1 is 0.969 bits per heavy atom. The molecule has 2 aromatic carbocycles. The van der Waals surface area contributed by atoms with E-state index in [-0.39, 0.29) is 17.9 Å². The van der Waals surface area contributed by atoms with Crippen molar-refractivity contribution in [2.75, 3.05) is 36.5 Å². The molecule has 5 rings (SSSR count). The highest BCUT2D eigenvalue weighted by Crippen LogP contribution is 2.28. The number of ether oxygens (including phenoxy) is 2. The summed E-state index contributed by atoms with van der Waals surface area (Å²) in [5.74, 6) is -0.995. The number of halogens is 2. The van der Waals surface area contributed by atoms with Crippen LogP contribution in [-0.4, -0.2) is 53.3 Å². The van der Waals surface area contributed by atoms with Crippen LogP contribution in [0.1, 0.15) is 18.4 Å². The first kappa shape index (κ1) is 20.8. The zero-order valence-electron chi connectivity index (χ0n) is 17.8. The Morgan fingerprint density at radius 3 is 2.56 bits per heavy atom. The number of nitrogens with one attached hydrogen (secondary N) is 1. The first-order chi connectivity index (χ1) is 15.5. The summed E-state index contributed by atoms with van der Waals surface area (Å²) in [6.07, 6.45) is 3.79. The predicted molar refractivity (Wildman–Crippen MR) is 117 cm³/mol. The topological polar surface area (TPSA) is 64.4 Å². The van der Waals surface area contributed by atoms with Gasteiger partial charge in [-0.15, -0.1) is 5.10 Å². The summed E-state index contributed by atoms with van der Waals surface area (Å²) in [5, 5.41) is 7.50. The van der Waals surface area contributed by atoms with Crippen molar-refractivity contribution in [2.24, 2.45) is 0 Å². The average Bonchev–Trinajstić information content (AvgIpc) is 3.45. The van der Waals surface area contributed by atoms with Crippen LogP contribution in [0.3, 0.4) is 0 Å². The SMILES string of the molecule is Cc1cc(Nc2ncn(-c3cc(F)cc(F)c3)n2)cc(N2CCOC(C3CCCO3)C2)c1. The van der Waals surface area contributed by atoms with E-state index in [0.717, 1.165) is 55.5 Å². The lowest BCUT2D eigenvalue weighted by atomic mass is 10.1. The van der Waals surface area contributed by atoms with Crippen LogP contribution in [0.5, 0.6) is 0 Å². The summed E-state index contributed by atoms with van der Waals surface area (Å²) < 4.78 is 40.2. The van der Waals surface area contributed by atoms with E-state index in [1.807, 2.05) is 19.1 Å². The van der Waals surface area contributed by atoms with E-state index < -0.39 is 11.6 Å². The minimum absolute atomic E-state index is 0.0761. The maximum atomic E-state index is 13.5. The Labute approximate surface area is 185 Å². The van der Waals surface area contributed by atoms with Crippen LogP contribution in [0, 0.1) is 18.6 Å². The maximum Gasteiger partial charge on any atom is 0.246 e. The van der Waals surface area contributed by atoms with Crippen LogP contribution in [-0.2, 0) is 9.47 Å². The van der Waals surface area contributed by atoms with Crippen LogP contribution in [0.25, 0.3) is 5.69 Å². The van der Waals surface area contributed by atoms with Gasteiger partial charge in [-0.2, -0.15) is 4.98 Å². The van der Waals surface area contributed by atoms with Crippen molar-refractivity contribution in [2.45, 2.75) is 32.0 Å². The van der Waals surface area contributed by atoms with Crippen molar-refractivity contribution in [3.05, 3.63) is 59.9 Å². The van der Waals surface area contributed by atoms with Crippen molar-refractivity contribution in [3.63, 3.8) is 0 Å². The Morgan fingerprint density at radius 2 is 1.78 bits per heavy atom. The smallest absolute Gasteiger partial charge is 0.246 e. The van der Waals surface area contributed by atoms with E-state index in [1.165, 1.54) is 23.1 Å². The Bertz CT molecular complexity index is 1080. The van der Waals surface area contributed by atoms with E-state index in [0.29, 0.717) is 12.6 Å². The molecule has 2 fully saturated rings. The fraction of sp³-hybridized carbons (Fsp3) is 0.391. The fourth-order valence-corrected chi connectivity index (χ4v) is 4.29. The van der Waals surface area contributed by atoms with Gasteiger partial charge in [0.15, 0.2) is 0 Å². The molecule has 3 heterocycles. The largest absolute Gasteiger partial charge is 0.375 e. The van der Waals surface area contributed by atoms with Gasteiger partial charge in [0.2, 0.25) is 5.95 Å². The van der Waals surface area contributed by atoms with Gasteiger partial charge in [-0.1, -0.05) is 0 Å². The quantitative estimate of drug-likeness (QED) is 0.646. The number of benzene rings is 2. The maximum absolute atomic E-state index is 13.5. The Balaban J connectivity index is 1.32. The third-order valence-electron chi connectivity index (χ3n) is 5.76. The lowest BCUT2D eigenvalue weighted by Gasteiger charge is -2.37. The van der Waals surface area contributed by atoms with Crippen LogP contribution < -0.4 is 10.2 Å². The number of anilines is 3. The third kappa shape index (κ3) is 4.58. The number of hydrogen-bond donors (Lipinski definition) is 1. The molecule has 1 N–H and O–H groups in total. The summed E-state index contributed by atoms with van der Waals surface area (Å²) in [4.78, 5) is 6.54. The van der Waals surface area contributed by atoms with Crippen LogP contribution >= 0.6 is 0 Å². The standard InChI is InChI=1S/C23H25F2N5O2/c1-15-7-18(27-23-26-14-30(28-23)20-10-16(24)9-17(25)11-20)12-19(8-15)29-4-6-32-22(13-29)21-3-2-5-31-21/h7-12,14,21-22H,2-6,13H2,1H3,(H,27,28). The van der Waals surface area contributed by atoms with Crippen LogP contribution in [0.15, 0.2) is 42.7 Å². The van der Waals surface area contributed by atoms with Crippen molar-refractivity contribution in [1.29, 1.82) is 0 Å². The molecule has 0 radical (unpaired) electrons. The van der Waals surface area contributed by atoms with Gasteiger partial charge in [0, 0.05) is 37.1 Å². The molecular weight excluding hydrogens is 416 g/mol. The zero-order chi connectivity index (χ0) is 22.1. The van der Waals surface area contributed by atoms with E-state index in [9.17, 15) is 8.78 Å². The van der Waals surface area contributed by atoms with Crippen LogP contribution in [0.2, 0.25) is 0 Å². The summed E-state index contributed by atoms with van der Waals surface area (Å²) in [6.45, 7) is 5.10. The molecular formula is C23H25F2N5O2. The van der Waals surface area contributed by atoms with E-state index >= 15 is 0 Å². The molecule has 9 heteroatoms. The van der Waals surface area contributed by atoms with E-state index in [4.69, 9.17) is 9.47 Å². The third-order valence-corrected chi connectivity index (χ3v) is 5.76. The fourth-order valence-electron chi connectivity index (χ4n) is 4.29. The molecule has 0 aliphatic carbocycles. The van der Waals surface area contributed by atoms with E-state index in [2.05, 4.69) is 26.4 Å². The first-order valence-electron chi connectivity index (χ1n) is 10.8. The van der Waals surface area contributed by atoms with Gasteiger partial charge >= 0.3 is 0 Å². The van der Waals surface area contributed by atoms with Crippen molar-refractivity contribution < 1.29 is 18.3 Å². The molecule has 0 saturated carbocycles. The monoisotopic (exact) mass is 441 g/mol. The molecule has 168 valence electrons. The number of nitrogens with zero attached hydrogens (tertiary/aromatic N) is 4. The highest BCUT2D eigenvalue weighted by Gasteiger charge is 2.31. The minimum atomic E-state index is -0.667. The second-order valence-electron chi connectivity index (χ2n) is 8.23. The number of aryl methyl sites for hydroxylation is 1. The summed E-state index contributed by atoms with van der Waals surface area (Å²) >= 11 is 0. The van der Waals surface area contributed by atoms with Crippen LogP contribution in [0.4, 0.5) is 26.1 Å². The molecule has 2 aliphatic heterocycles. The number of rotatable bonds is 5. The molecule has 3 aromatic rings. The van der Waals surface area contributed by atoms with Gasteiger partial charge in [0.05, 0.1) is 18.4 Å². The zero-order valence-corrected chi connectivity index (χ0v) is 17.8. The molecule has 2 unspecified atom stereocenters. The lowest BCUT2D eigenvalue weighted by molar-refractivity contribution is -0.0543. The first-order valence-corrected chi connectivity index (χ1v) is 10.8. The second kappa shape index (κ2) is 8.84. The summed E-state index contributed by atoms with van der Waals surface area (Å²) in [6, 6.07) is 9.43. The molecule has 7 nitrogen and oxygen atoms in total. The molecule has 0 bridgehead atoms. The second-order valence-corrected chi connectivity index (χ2v) is 8.23. The molecule has 2 saturated heterocycles. The molecule has 0 amide bonds. The normalized spacial score (nSPS) is 21.2. The van der Waals surface area contributed by atoms with Gasteiger partial charge in [-0.05, 0) is 55.7 Å². The van der Waals surface area contributed by atoms with Gasteiger partial charge in [0.1, 0.15) is 24.1 Å². The number of aromatic nitrogens is 3. The highest BCUT2D eigenvalue weighted by atomic mass is 19.1. The Hall–Kier alpha value is -3.04. The number of morpholine rings is 1. The van der Waals surface area contributed by atoms with Gasteiger partial charge in [-0.3, -0.25) is 0 Å². The molecule has 2 atom stereocenters. The molecule has 2 aliphatic rings. The molecule has 32 heavy (non-hydrogen) atoms. The van der Waals surface area contributed by atoms with E-state index in [1.54, 1.807) is 0 Å². The van der Waals surface area contributed by atoms with Crippen molar-refractivity contribution in [3.8, 4) is 5.69 Å².